The number of rotatable bonds is 18. The van der Waals surface area contributed by atoms with Gasteiger partial charge in [0.25, 0.3) is 11.7 Å². The number of ketones is 2. The van der Waals surface area contributed by atoms with Crippen molar-refractivity contribution in [2.45, 2.75) is 175 Å². The highest BCUT2D eigenvalue weighted by atomic mass is 16.7. The van der Waals surface area contributed by atoms with Crippen LogP contribution in [-0.4, -0.2) is 163 Å². The minimum absolute atomic E-state index is 0.0266. The van der Waals surface area contributed by atoms with Gasteiger partial charge in [0.1, 0.15) is 42.0 Å². The van der Waals surface area contributed by atoms with Crippen LogP contribution in [0.1, 0.15) is 152 Å². The number of likely N-dealkylation sites (tertiary alicyclic amines) is 1. The first-order chi connectivity index (χ1) is 39.6. The highest BCUT2D eigenvalue weighted by Crippen LogP contribution is 2.53. The summed E-state index contributed by atoms with van der Waals surface area (Å²) in [5.41, 5.74) is 17.3. The van der Waals surface area contributed by atoms with Gasteiger partial charge in [-0.2, -0.15) is 0 Å². The fraction of sp³-hybridized carbons (Fsp3) is 0.656. The molecule has 1 aromatic carbocycles. The molecule has 23 heteroatoms. The maximum Gasteiger partial charge on any atom is 0.325 e. The number of aliphatic hydroxyl groups is 1. The Morgan fingerprint density at radius 2 is 1.57 bits per heavy atom. The molecular formula is C61H93N9O14. The number of unbranched alkanes of at least 4 members (excludes halogenated alkanes) is 2. The normalized spacial score (nSPS) is 29.3. The highest BCUT2D eigenvalue weighted by Gasteiger charge is 2.56. The number of carbonyl (C=O) groups is 7. The maximum atomic E-state index is 15.1. The molecule has 4 heterocycles. The first-order valence-corrected chi connectivity index (χ1v) is 29.6. The van der Waals surface area contributed by atoms with Gasteiger partial charge >= 0.3 is 17.7 Å². The number of amides is 3. The molecule has 84 heavy (non-hydrogen) atoms. The van der Waals surface area contributed by atoms with Gasteiger partial charge in [0.15, 0.2) is 0 Å². The number of likely N-dealkylation sites (N-methyl/N-ethyl adjacent to an activating group) is 1. The van der Waals surface area contributed by atoms with Gasteiger partial charge in [-0.1, -0.05) is 66.2 Å². The molecule has 12 N–H and O–H groups in total. The van der Waals surface area contributed by atoms with Crippen molar-refractivity contribution in [3.63, 3.8) is 0 Å². The maximum absolute atomic E-state index is 15.1. The van der Waals surface area contributed by atoms with Crippen molar-refractivity contribution >= 4 is 41.2 Å². The molecule has 6 rings (SSSR count). The number of aliphatic hydroxyl groups excluding tert-OH is 1. The number of piperidine rings is 1. The summed E-state index contributed by atoms with van der Waals surface area (Å²) in [4.78, 5) is 102. The van der Waals surface area contributed by atoms with E-state index in [-0.39, 0.29) is 45.7 Å². The van der Waals surface area contributed by atoms with Crippen molar-refractivity contribution in [2.75, 3.05) is 53.4 Å². The molecule has 0 aromatic heterocycles. The lowest BCUT2D eigenvalue weighted by Crippen LogP contribution is -2.56. The zero-order chi connectivity index (χ0) is 62.1. The zero-order valence-corrected chi connectivity index (χ0v) is 51.1. The quantitative estimate of drug-likeness (QED) is 0.0750. The van der Waals surface area contributed by atoms with E-state index in [4.69, 9.17) is 40.9 Å². The average Bonchev–Trinajstić information content (AvgIpc) is 1.54. The van der Waals surface area contributed by atoms with Crippen LogP contribution in [0.15, 0.2) is 47.5 Å². The molecule has 1 aliphatic carbocycles. The van der Waals surface area contributed by atoms with Crippen molar-refractivity contribution in [3.8, 4) is 11.5 Å². The van der Waals surface area contributed by atoms with Crippen molar-refractivity contribution in [3.05, 3.63) is 69.8 Å². The fourth-order valence-corrected chi connectivity index (χ4v) is 12.2. The molecule has 5 bridgehead atoms. The van der Waals surface area contributed by atoms with Gasteiger partial charge in [0.05, 0.1) is 53.0 Å². The number of phenols is 1. The smallest absolute Gasteiger partial charge is 0.325 e. The molecular weight excluding hydrogens is 1080 g/mol. The van der Waals surface area contributed by atoms with E-state index in [0.29, 0.717) is 82.7 Å². The monoisotopic (exact) mass is 1180 g/mol. The summed E-state index contributed by atoms with van der Waals surface area (Å²) in [5.74, 6) is -9.73. The molecule has 12 atom stereocenters. The Morgan fingerprint density at radius 3 is 2.19 bits per heavy atom. The Kier molecular flexibility index (Phi) is 22.9. The number of fused-ring (bicyclic) bond motifs is 3. The number of methoxy groups -OCH3 is 1. The standard InChI is InChI=1S/C61H93N9O14/c1-32(2)30-70-27-23-61(24-28-70)67-47-44-45-51(74)38(8)55-46(44)56(76)60(10,84-55)81-29-22-42(80-12)35(5)54(82-39(9)71)37(7)50(73)36(6)53(33(3)18-17-19-34(4)57(77)66-49(52(45)75)48(47)68-61)83-43(72)31-69(11)59(79)41(21-14-16-26-63)65-58(78)40(64)20-13-15-25-62/h17-19,22,29,32-33,35-37,40-42,47,50,53-54,67-68,73-74H,13-16,20-21,23-28,30-31,62-64H2,1-12H3,(H,65,78)(H,66,77)/b18-17+,29-22+,34-19-/t33-,35+,36-,37+,40-,41-,42-,47?,50+,53-,54+,60-/m0/s1. The molecule has 1 aromatic rings. The minimum Gasteiger partial charge on any atom is -0.507 e. The third-order valence-corrected chi connectivity index (χ3v) is 17.1. The van der Waals surface area contributed by atoms with E-state index in [1.807, 2.05) is 0 Å². The van der Waals surface area contributed by atoms with E-state index in [9.17, 15) is 39.0 Å². The fourth-order valence-electron chi connectivity index (χ4n) is 12.2. The number of ether oxygens (including phenoxy) is 5. The van der Waals surface area contributed by atoms with Gasteiger partial charge in [-0.25, -0.2) is 0 Å². The van der Waals surface area contributed by atoms with E-state index in [0.717, 1.165) is 11.4 Å². The number of nitrogens with zero attached hydrogens (tertiary/aromatic N) is 2. The molecule has 5 aliphatic rings. The third-order valence-electron chi connectivity index (χ3n) is 17.1. The van der Waals surface area contributed by atoms with Crippen molar-refractivity contribution in [1.29, 1.82) is 0 Å². The van der Waals surface area contributed by atoms with E-state index in [2.05, 4.69) is 40.0 Å². The molecule has 2 fully saturated rings. The number of aromatic hydroxyl groups is 1. The number of hydrogen-bond donors (Lipinski definition) is 9. The zero-order valence-electron chi connectivity index (χ0n) is 51.1. The van der Waals surface area contributed by atoms with Gasteiger partial charge in [0, 0.05) is 88.0 Å². The van der Waals surface area contributed by atoms with Crippen LogP contribution in [0.25, 0.3) is 0 Å². The number of nitrogens with two attached hydrogens (primary N) is 3. The Bertz CT molecular complexity index is 2740. The number of esters is 2. The number of allylic oxidation sites excluding steroid dienone is 3. The third kappa shape index (κ3) is 15.1. The van der Waals surface area contributed by atoms with E-state index in [1.54, 1.807) is 46.8 Å². The van der Waals surface area contributed by atoms with Gasteiger partial charge in [0.2, 0.25) is 17.6 Å². The van der Waals surface area contributed by atoms with Crippen molar-refractivity contribution < 1.29 is 67.5 Å². The summed E-state index contributed by atoms with van der Waals surface area (Å²) in [7, 11) is 2.84. The van der Waals surface area contributed by atoms with Crippen LogP contribution in [0.5, 0.6) is 11.5 Å². The molecule has 0 radical (unpaired) electrons. The van der Waals surface area contributed by atoms with Crippen LogP contribution in [0.3, 0.4) is 0 Å². The van der Waals surface area contributed by atoms with Crippen LogP contribution >= 0.6 is 0 Å². The number of carbonyl (C=O) groups excluding carboxylic acids is 7. The summed E-state index contributed by atoms with van der Waals surface area (Å²) in [5, 5.41) is 37.3. The lowest BCUT2D eigenvalue weighted by atomic mass is 9.78. The van der Waals surface area contributed by atoms with E-state index >= 15 is 4.79 Å². The first kappa shape index (κ1) is 66.9. The van der Waals surface area contributed by atoms with Crippen LogP contribution in [-0.2, 0) is 42.9 Å². The summed E-state index contributed by atoms with van der Waals surface area (Å²) in [6, 6.07) is -2.81. The van der Waals surface area contributed by atoms with Crippen LogP contribution < -0.4 is 43.2 Å². The number of hydrogen-bond acceptors (Lipinski definition) is 20. The first-order valence-electron chi connectivity index (χ1n) is 29.6. The Morgan fingerprint density at radius 1 is 0.929 bits per heavy atom. The van der Waals surface area contributed by atoms with Crippen molar-refractivity contribution in [1.82, 2.24) is 31.1 Å². The van der Waals surface area contributed by atoms with E-state index in [1.165, 1.54) is 53.3 Å². The number of benzene rings is 1. The van der Waals surface area contributed by atoms with Crippen LogP contribution in [0.4, 0.5) is 0 Å². The van der Waals surface area contributed by atoms with Gasteiger partial charge in [-0.3, -0.25) is 38.9 Å². The number of Topliss-reactive ketones (excluding diaryl/α,β-unsaturated/α-hetero) is 2. The topological polar surface area (TPSA) is 339 Å². The second-order valence-electron chi connectivity index (χ2n) is 24.2. The van der Waals surface area contributed by atoms with E-state index < -0.39 is 131 Å². The molecule has 2 saturated heterocycles. The lowest BCUT2D eigenvalue weighted by molar-refractivity contribution is -0.166. The number of phenolic OH excluding ortho intramolecular Hbond substituents is 1. The van der Waals surface area contributed by atoms with Gasteiger partial charge in [-0.15, -0.1) is 0 Å². The second kappa shape index (κ2) is 28.8. The van der Waals surface area contributed by atoms with Crippen LogP contribution in [0.2, 0.25) is 0 Å². The average molecular weight is 1180 g/mol. The van der Waals surface area contributed by atoms with Gasteiger partial charge in [-0.05, 0) is 83.9 Å². The molecule has 1 spiro atoms. The molecule has 23 nitrogen and oxygen atoms in total. The Hall–Kier alpha value is -6.21. The second-order valence-corrected chi connectivity index (χ2v) is 24.2. The van der Waals surface area contributed by atoms with Crippen molar-refractivity contribution in [2.24, 2.45) is 46.8 Å². The molecule has 0 saturated carbocycles. The Balaban J connectivity index is 1.39. The molecule has 3 amide bonds. The minimum atomic E-state index is -2.02. The SMILES string of the molecule is CO[C@H]1/C=C/O[C@@]2(C)Oc3c(C)c(O)c4c(c3C2=O)C2NC3(CCN(CC(C)C)CC3)NC2=C(NC(=O)/C(C)=C\C=C\[C@H](C)[C@H](OC(=O)CN(C)C(=O)[C@H](CCCCN)NC(=O)[C@@H](N)CCCCN)[C@@H](C)[C@@H](O)[C@@H](C)[C@H](OC(C)=O)[C@@H]1C)C4=O. The summed E-state index contributed by atoms with van der Waals surface area (Å²) in [6.45, 7) is 19.5. The predicted molar refractivity (Wildman–Crippen MR) is 313 cm³/mol. The predicted octanol–water partition coefficient (Wildman–Crippen LogP) is 3.54. The molecule has 4 aliphatic heterocycles. The largest absolute Gasteiger partial charge is 0.507 e. The Labute approximate surface area is 494 Å². The summed E-state index contributed by atoms with van der Waals surface area (Å²) in [6.07, 6.45) is 7.34. The molecule has 1 unspecified atom stereocenters. The summed E-state index contributed by atoms with van der Waals surface area (Å²) >= 11 is 0. The lowest BCUT2D eigenvalue weighted by Gasteiger charge is -2.40. The highest BCUT2D eigenvalue weighted by molar-refractivity contribution is 6.19. The van der Waals surface area contributed by atoms with Crippen LogP contribution in [0, 0.1) is 36.5 Å². The summed E-state index contributed by atoms with van der Waals surface area (Å²) < 4.78 is 30.7. The van der Waals surface area contributed by atoms with Gasteiger partial charge < -0.3 is 76.8 Å². The number of nitrogens with one attached hydrogen (secondary N) is 4. The molecule has 466 valence electrons.